The molecule has 0 saturated carbocycles. The van der Waals surface area contributed by atoms with Crippen molar-refractivity contribution in [1.29, 1.82) is 0 Å². The van der Waals surface area contributed by atoms with Gasteiger partial charge < -0.3 is 19.3 Å². The molecular weight excluding hydrogens is 362 g/mol. The highest BCUT2D eigenvalue weighted by atomic mass is 16.4. The monoisotopic (exact) mass is 383 g/mol. The fraction of sp³-hybridized carbons (Fsp3) is 0.350. The van der Waals surface area contributed by atoms with Crippen LogP contribution in [0, 0.1) is 0 Å². The highest BCUT2D eigenvalue weighted by Crippen LogP contribution is 2.35. The highest BCUT2D eigenvalue weighted by molar-refractivity contribution is 6.07. The zero-order valence-electron chi connectivity index (χ0n) is 15.3. The Morgan fingerprint density at radius 3 is 2.46 bits per heavy atom. The summed E-state index contributed by atoms with van der Waals surface area (Å²) in [6, 6.07) is 12.2. The molecule has 1 aromatic heterocycles. The number of aliphatic hydroxyl groups is 1. The number of urea groups is 1. The molecule has 0 aliphatic carbocycles. The maximum atomic E-state index is 12.6. The zero-order valence-corrected chi connectivity index (χ0v) is 15.3. The van der Waals surface area contributed by atoms with E-state index in [9.17, 15) is 14.4 Å². The molecule has 2 N–H and O–H groups in total. The number of nitrogens with one attached hydrogen (secondary N) is 1. The second-order valence-electron chi connectivity index (χ2n) is 7.08. The van der Waals surface area contributed by atoms with Gasteiger partial charge in [0.15, 0.2) is 5.76 Å². The SMILES string of the molecule is O=C(c1ccc(CO)o1)N1CCC2(CC1)C(=O)NC(=O)N2Cc1ccccc1. The summed E-state index contributed by atoms with van der Waals surface area (Å²) >= 11 is 0. The van der Waals surface area contributed by atoms with Crippen molar-refractivity contribution in [3.63, 3.8) is 0 Å². The molecule has 4 rings (SSSR count). The smallest absolute Gasteiger partial charge is 0.325 e. The van der Waals surface area contributed by atoms with Gasteiger partial charge in [0.2, 0.25) is 0 Å². The number of piperidine rings is 1. The average molecular weight is 383 g/mol. The van der Waals surface area contributed by atoms with Crippen molar-refractivity contribution >= 4 is 17.8 Å². The van der Waals surface area contributed by atoms with Crippen LogP contribution in [0.5, 0.6) is 0 Å². The zero-order chi connectivity index (χ0) is 19.7. The van der Waals surface area contributed by atoms with Crippen LogP contribution in [0.25, 0.3) is 0 Å². The molecule has 1 spiro atoms. The minimum absolute atomic E-state index is 0.160. The van der Waals surface area contributed by atoms with Crippen LogP contribution in [-0.2, 0) is 17.9 Å². The summed E-state index contributed by atoms with van der Waals surface area (Å²) in [4.78, 5) is 40.9. The fourth-order valence-electron chi connectivity index (χ4n) is 3.90. The first-order valence-corrected chi connectivity index (χ1v) is 9.19. The number of benzene rings is 1. The maximum absolute atomic E-state index is 12.6. The summed E-state index contributed by atoms with van der Waals surface area (Å²) < 4.78 is 5.32. The predicted octanol–water partition coefficient (Wildman–Crippen LogP) is 1.50. The van der Waals surface area contributed by atoms with Gasteiger partial charge in [0.25, 0.3) is 11.8 Å². The first-order valence-electron chi connectivity index (χ1n) is 9.19. The van der Waals surface area contributed by atoms with Crippen LogP contribution >= 0.6 is 0 Å². The molecule has 0 unspecified atom stereocenters. The molecule has 2 saturated heterocycles. The number of rotatable bonds is 4. The molecular formula is C20H21N3O5. The van der Waals surface area contributed by atoms with Gasteiger partial charge >= 0.3 is 6.03 Å². The molecule has 2 aliphatic rings. The number of hydrogen-bond donors (Lipinski definition) is 2. The third-order valence-corrected chi connectivity index (χ3v) is 5.49. The molecule has 2 aliphatic heterocycles. The molecule has 2 fully saturated rings. The third kappa shape index (κ3) is 3.05. The summed E-state index contributed by atoms with van der Waals surface area (Å²) in [6.07, 6.45) is 0.716. The number of likely N-dealkylation sites (tertiary alicyclic amines) is 1. The van der Waals surface area contributed by atoms with Crippen molar-refractivity contribution in [3.8, 4) is 0 Å². The normalized spacial score (nSPS) is 18.6. The number of aliphatic hydroxyl groups excluding tert-OH is 1. The highest BCUT2D eigenvalue weighted by Gasteiger charge is 2.54. The number of amides is 4. The number of carbonyl (C=O) groups is 3. The molecule has 3 heterocycles. The van der Waals surface area contributed by atoms with Gasteiger partial charge in [-0.05, 0) is 30.5 Å². The summed E-state index contributed by atoms with van der Waals surface area (Å²) in [7, 11) is 0. The van der Waals surface area contributed by atoms with E-state index in [0.29, 0.717) is 38.2 Å². The molecule has 0 atom stereocenters. The summed E-state index contributed by atoms with van der Waals surface area (Å²) in [5.41, 5.74) is 0.000649. The van der Waals surface area contributed by atoms with Crippen molar-refractivity contribution < 1.29 is 23.9 Å². The van der Waals surface area contributed by atoms with E-state index in [1.165, 1.54) is 6.07 Å². The molecule has 4 amide bonds. The van der Waals surface area contributed by atoms with Crippen molar-refractivity contribution in [2.24, 2.45) is 0 Å². The van der Waals surface area contributed by atoms with Crippen LogP contribution in [0.15, 0.2) is 46.9 Å². The van der Waals surface area contributed by atoms with Crippen LogP contribution in [0.4, 0.5) is 4.79 Å². The molecule has 0 radical (unpaired) electrons. The lowest BCUT2D eigenvalue weighted by atomic mass is 9.85. The molecule has 2 aromatic rings. The van der Waals surface area contributed by atoms with Crippen molar-refractivity contribution in [3.05, 3.63) is 59.5 Å². The Morgan fingerprint density at radius 1 is 1.11 bits per heavy atom. The standard InChI is InChI=1S/C20H21N3O5/c24-13-15-6-7-16(28-15)17(25)22-10-8-20(9-11-22)18(26)21-19(27)23(20)12-14-4-2-1-3-5-14/h1-7,24H,8-13H2,(H,21,26,27). The van der Waals surface area contributed by atoms with Gasteiger partial charge in [-0.15, -0.1) is 0 Å². The molecule has 28 heavy (non-hydrogen) atoms. The first-order chi connectivity index (χ1) is 13.5. The average Bonchev–Trinajstić information content (AvgIpc) is 3.28. The van der Waals surface area contributed by atoms with Crippen LogP contribution in [-0.4, -0.2) is 51.4 Å². The van der Waals surface area contributed by atoms with E-state index in [0.717, 1.165) is 5.56 Å². The lowest BCUT2D eigenvalue weighted by Crippen LogP contribution is -2.57. The Balaban J connectivity index is 1.49. The van der Waals surface area contributed by atoms with Crippen molar-refractivity contribution in [1.82, 2.24) is 15.1 Å². The van der Waals surface area contributed by atoms with Gasteiger partial charge in [-0.3, -0.25) is 14.9 Å². The maximum Gasteiger partial charge on any atom is 0.325 e. The number of carbonyl (C=O) groups excluding carboxylic acids is 3. The minimum Gasteiger partial charge on any atom is -0.453 e. The van der Waals surface area contributed by atoms with Crippen LogP contribution in [0.2, 0.25) is 0 Å². The number of imide groups is 1. The lowest BCUT2D eigenvalue weighted by molar-refractivity contribution is -0.129. The molecule has 146 valence electrons. The van der Waals surface area contributed by atoms with E-state index in [-0.39, 0.29) is 24.2 Å². The van der Waals surface area contributed by atoms with Crippen LogP contribution in [0.1, 0.15) is 34.7 Å². The fourth-order valence-corrected chi connectivity index (χ4v) is 3.90. The molecule has 8 heteroatoms. The van der Waals surface area contributed by atoms with Crippen LogP contribution < -0.4 is 5.32 Å². The first kappa shape index (κ1) is 18.2. The summed E-state index contributed by atoms with van der Waals surface area (Å²) in [5.74, 6) is -0.102. The largest absolute Gasteiger partial charge is 0.453 e. The Bertz CT molecular complexity index is 900. The molecule has 0 bridgehead atoms. The van der Waals surface area contributed by atoms with Gasteiger partial charge in [-0.2, -0.15) is 0 Å². The van der Waals surface area contributed by atoms with Gasteiger partial charge in [0.1, 0.15) is 17.9 Å². The Kier molecular flexibility index (Phi) is 4.64. The number of furan rings is 1. The second-order valence-corrected chi connectivity index (χ2v) is 7.08. The van der Waals surface area contributed by atoms with E-state index in [4.69, 9.17) is 9.52 Å². The van der Waals surface area contributed by atoms with E-state index in [1.54, 1.807) is 15.9 Å². The van der Waals surface area contributed by atoms with E-state index in [1.807, 2.05) is 30.3 Å². The summed E-state index contributed by atoms with van der Waals surface area (Å²) in [6.45, 7) is 0.734. The molecule has 8 nitrogen and oxygen atoms in total. The van der Waals surface area contributed by atoms with Gasteiger partial charge in [-0.25, -0.2) is 4.79 Å². The van der Waals surface area contributed by atoms with Gasteiger partial charge in [0.05, 0.1) is 0 Å². The number of nitrogens with zero attached hydrogens (tertiary/aromatic N) is 2. The van der Waals surface area contributed by atoms with Crippen molar-refractivity contribution in [2.75, 3.05) is 13.1 Å². The minimum atomic E-state index is -0.941. The van der Waals surface area contributed by atoms with Crippen molar-refractivity contribution in [2.45, 2.75) is 31.5 Å². The number of hydrogen-bond acceptors (Lipinski definition) is 5. The van der Waals surface area contributed by atoms with E-state index in [2.05, 4.69) is 5.32 Å². The van der Waals surface area contributed by atoms with E-state index >= 15 is 0 Å². The van der Waals surface area contributed by atoms with Crippen LogP contribution in [0.3, 0.4) is 0 Å². The molecule has 1 aromatic carbocycles. The lowest BCUT2D eigenvalue weighted by Gasteiger charge is -2.42. The Labute approximate surface area is 161 Å². The Hall–Kier alpha value is -3.13. The Morgan fingerprint density at radius 2 is 1.82 bits per heavy atom. The topological polar surface area (TPSA) is 103 Å². The van der Waals surface area contributed by atoms with E-state index < -0.39 is 11.6 Å². The predicted molar refractivity (Wildman–Crippen MR) is 98.0 cm³/mol. The quantitative estimate of drug-likeness (QED) is 0.779. The van der Waals surface area contributed by atoms with Gasteiger partial charge in [0, 0.05) is 19.6 Å². The van der Waals surface area contributed by atoms with Gasteiger partial charge in [-0.1, -0.05) is 30.3 Å². The third-order valence-electron chi connectivity index (χ3n) is 5.49. The summed E-state index contributed by atoms with van der Waals surface area (Å²) in [5, 5.41) is 11.5. The second kappa shape index (κ2) is 7.12.